The predicted molar refractivity (Wildman–Crippen MR) is 128 cm³/mol. The third-order valence-electron chi connectivity index (χ3n) is 6.16. The van der Waals surface area contributed by atoms with Crippen LogP contribution in [0.1, 0.15) is 6.42 Å². The Hall–Kier alpha value is -4.33. The molecule has 6 rings (SSSR count). The maximum absolute atomic E-state index is 13.2. The summed E-state index contributed by atoms with van der Waals surface area (Å²) in [5, 5.41) is 3.02. The van der Waals surface area contributed by atoms with E-state index in [0.29, 0.717) is 48.5 Å². The SMILES string of the molecule is O=C(Nc1ccccc1-c1nc2ccccc2[nH]1)[C@H]1CC(=O)N(c2ccc3c(c2)OCCO3)C1. The zero-order valence-electron chi connectivity index (χ0n) is 18.3. The molecule has 0 aliphatic carbocycles. The van der Waals surface area contributed by atoms with Crippen molar-refractivity contribution in [2.75, 3.05) is 30.0 Å². The molecule has 2 aliphatic rings. The van der Waals surface area contributed by atoms with Gasteiger partial charge in [0.15, 0.2) is 11.5 Å². The van der Waals surface area contributed by atoms with E-state index in [1.165, 1.54) is 0 Å². The molecule has 8 nitrogen and oxygen atoms in total. The van der Waals surface area contributed by atoms with Crippen LogP contribution in [0.3, 0.4) is 0 Å². The Bertz CT molecular complexity index is 1380. The van der Waals surface area contributed by atoms with Crippen molar-refractivity contribution in [3.05, 3.63) is 66.7 Å². The molecule has 0 bridgehead atoms. The van der Waals surface area contributed by atoms with Crippen LogP contribution >= 0.6 is 0 Å². The van der Waals surface area contributed by atoms with E-state index in [4.69, 9.17) is 9.47 Å². The van der Waals surface area contributed by atoms with Crippen molar-refractivity contribution in [1.82, 2.24) is 9.97 Å². The lowest BCUT2D eigenvalue weighted by Crippen LogP contribution is -2.28. The van der Waals surface area contributed by atoms with Gasteiger partial charge in [-0.05, 0) is 36.4 Å². The van der Waals surface area contributed by atoms with Gasteiger partial charge in [-0.2, -0.15) is 0 Å². The maximum atomic E-state index is 13.2. The molecule has 2 amide bonds. The summed E-state index contributed by atoms with van der Waals surface area (Å²) >= 11 is 0. The topological polar surface area (TPSA) is 96.5 Å². The van der Waals surface area contributed by atoms with Crippen LogP contribution in [0, 0.1) is 5.92 Å². The Labute approximate surface area is 195 Å². The van der Waals surface area contributed by atoms with Crippen molar-refractivity contribution < 1.29 is 19.1 Å². The number of ether oxygens (including phenoxy) is 2. The van der Waals surface area contributed by atoms with E-state index >= 15 is 0 Å². The first kappa shape index (κ1) is 20.3. The molecule has 170 valence electrons. The standard InChI is InChI=1S/C26H22N4O4/c31-24-13-16(15-30(24)17-9-10-22-23(14-17)34-12-11-33-22)26(32)29-19-6-2-1-5-18(19)25-27-20-7-3-4-8-21(20)28-25/h1-10,14,16H,11-13,15H2,(H,27,28)(H,29,32)/t16-/m0/s1. The number of nitrogens with one attached hydrogen (secondary N) is 2. The fourth-order valence-corrected chi connectivity index (χ4v) is 4.45. The minimum atomic E-state index is -0.468. The highest BCUT2D eigenvalue weighted by molar-refractivity contribution is 6.04. The van der Waals surface area contributed by atoms with E-state index in [9.17, 15) is 9.59 Å². The fourth-order valence-electron chi connectivity index (χ4n) is 4.45. The van der Waals surface area contributed by atoms with Gasteiger partial charge in [0, 0.05) is 30.3 Å². The minimum Gasteiger partial charge on any atom is -0.486 e. The summed E-state index contributed by atoms with van der Waals surface area (Å²) in [7, 11) is 0. The first-order valence-electron chi connectivity index (χ1n) is 11.2. The average Bonchev–Trinajstić information content (AvgIpc) is 3.48. The third-order valence-corrected chi connectivity index (χ3v) is 6.16. The molecule has 8 heteroatoms. The molecule has 1 aromatic heterocycles. The highest BCUT2D eigenvalue weighted by Crippen LogP contribution is 2.36. The van der Waals surface area contributed by atoms with Gasteiger partial charge in [0.2, 0.25) is 11.8 Å². The summed E-state index contributed by atoms with van der Waals surface area (Å²) in [6.45, 7) is 1.28. The van der Waals surface area contributed by atoms with Gasteiger partial charge in [-0.1, -0.05) is 24.3 Å². The second kappa shape index (κ2) is 8.22. The number of aromatic nitrogens is 2. The summed E-state index contributed by atoms with van der Waals surface area (Å²) in [4.78, 5) is 35.5. The molecule has 4 aromatic rings. The Kier molecular flexibility index (Phi) is 4.91. The van der Waals surface area contributed by atoms with Crippen LogP contribution in [0.4, 0.5) is 11.4 Å². The van der Waals surface area contributed by atoms with Crippen LogP contribution in [-0.2, 0) is 9.59 Å². The van der Waals surface area contributed by atoms with Gasteiger partial charge in [-0.3, -0.25) is 9.59 Å². The molecule has 0 saturated carbocycles. The minimum absolute atomic E-state index is 0.0950. The molecule has 1 atom stereocenters. The summed E-state index contributed by atoms with van der Waals surface area (Å²) in [5.41, 5.74) is 3.93. The summed E-state index contributed by atoms with van der Waals surface area (Å²) < 4.78 is 11.2. The highest BCUT2D eigenvalue weighted by Gasteiger charge is 2.36. The molecule has 2 aliphatic heterocycles. The van der Waals surface area contributed by atoms with Crippen LogP contribution in [0.2, 0.25) is 0 Å². The fraction of sp³-hybridized carbons (Fsp3) is 0.192. The Morgan fingerprint density at radius 3 is 2.68 bits per heavy atom. The zero-order valence-corrected chi connectivity index (χ0v) is 18.3. The van der Waals surface area contributed by atoms with E-state index < -0.39 is 5.92 Å². The van der Waals surface area contributed by atoms with Crippen LogP contribution in [-0.4, -0.2) is 41.5 Å². The van der Waals surface area contributed by atoms with Gasteiger partial charge in [0.1, 0.15) is 19.0 Å². The number of amides is 2. The molecular weight excluding hydrogens is 432 g/mol. The van der Waals surface area contributed by atoms with Crippen molar-refractivity contribution in [1.29, 1.82) is 0 Å². The van der Waals surface area contributed by atoms with Crippen molar-refractivity contribution in [3.8, 4) is 22.9 Å². The molecule has 0 radical (unpaired) electrons. The van der Waals surface area contributed by atoms with Gasteiger partial charge in [-0.25, -0.2) is 4.98 Å². The van der Waals surface area contributed by atoms with E-state index in [1.807, 2.05) is 54.6 Å². The average molecular weight is 454 g/mol. The number of imidazole rings is 1. The van der Waals surface area contributed by atoms with Gasteiger partial charge in [0.25, 0.3) is 0 Å². The normalized spacial score (nSPS) is 17.2. The Morgan fingerprint density at radius 2 is 1.79 bits per heavy atom. The second-order valence-electron chi connectivity index (χ2n) is 8.37. The van der Waals surface area contributed by atoms with E-state index in [-0.39, 0.29) is 18.2 Å². The summed E-state index contributed by atoms with van der Waals surface area (Å²) in [6, 6.07) is 20.7. The number of benzene rings is 3. The van der Waals surface area contributed by atoms with Crippen LogP contribution in [0.25, 0.3) is 22.4 Å². The zero-order chi connectivity index (χ0) is 23.1. The van der Waals surface area contributed by atoms with E-state index in [2.05, 4.69) is 15.3 Å². The van der Waals surface area contributed by atoms with Gasteiger partial charge < -0.3 is 24.7 Å². The Morgan fingerprint density at radius 1 is 1.00 bits per heavy atom. The molecule has 0 spiro atoms. The van der Waals surface area contributed by atoms with Crippen molar-refractivity contribution >= 4 is 34.2 Å². The number of aromatic amines is 1. The third kappa shape index (κ3) is 3.63. The number of hydrogen-bond donors (Lipinski definition) is 2. The maximum Gasteiger partial charge on any atom is 0.229 e. The molecule has 3 heterocycles. The Balaban J connectivity index is 1.21. The number of nitrogens with zero attached hydrogens (tertiary/aromatic N) is 2. The van der Waals surface area contributed by atoms with E-state index in [0.717, 1.165) is 16.6 Å². The van der Waals surface area contributed by atoms with Gasteiger partial charge >= 0.3 is 0 Å². The number of carbonyl (C=O) groups is 2. The highest BCUT2D eigenvalue weighted by atomic mass is 16.6. The first-order chi connectivity index (χ1) is 16.7. The number of fused-ring (bicyclic) bond motifs is 2. The van der Waals surface area contributed by atoms with E-state index in [1.54, 1.807) is 17.0 Å². The summed E-state index contributed by atoms with van der Waals surface area (Å²) in [5.74, 6) is 1.20. The van der Waals surface area contributed by atoms with Gasteiger partial charge in [-0.15, -0.1) is 0 Å². The molecule has 3 aromatic carbocycles. The van der Waals surface area contributed by atoms with Gasteiger partial charge in [0.05, 0.1) is 22.6 Å². The lowest BCUT2D eigenvalue weighted by Gasteiger charge is -2.22. The number of carbonyl (C=O) groups excluding carboxylic acids is 2. The summed E-state index contributed by atoms with van der Waals surface area (Å²) in [6.07, 6.45) is 0.146. The molecule has 2 N–H and O–H groups in total. The molecule has 34 heavy (non-hydrogen) atoms. The largest absolute Gasteiger partial charge is 0.486 e. The monoisotopic (exact) mass is 454 g/mol. The lowest BCUT2D eigenvalue weighted by atomic mass is 10.1. The number of H-pyrrole nitrogens is 1. The lowest BCUT2D eigenvalue weighted by molar-refractivity contribution is -0.122. The predicted octanol–water partition coefficient (Wildman–Crippen LogP) is 3.99. The molecular formula is C26H22N4O4. The van der Waals surface area contributed by atoms with Crippen molar-refractivity contribution in [3.63, 3.8) is 0 Å². The van der Waals surface area contributed by atoms with Crippen molar-refractivity contribution in [2.45, 2.75) is 6.42 Å². The quantitative estimate of drug-likeness (QED) is 0.486. The van der Waals surface area contributed by atoms with Crippen LogP contribution in [0.15, 0.2) is 66.7 Å². The van der Waals surface area contributed by atoms with Crippen LogP contribution < -0.4 is 19.7 Å². The molecule has 0 unspecified atom stereocenters. The number of hydrogen-bond acceptors (Lipinski definition) is 5. The van der Waals surface area contributed by atoms with Crippen molar-refractivity contribution in [2.24, 2.45) is 5.92 Å². The molecule has 1 saturated heterocycles. The smallest absolute Gasteiger partial charge is 0.229 e. The molecule has 1 fully saturated rings. The number of rotatable bonds is 4. The number of anilines is 2. The van der Waals surface area contributed by atoms with Crippen LogP contribution in [0.5, 0.6) is 11.5 Å². The number of para-hydroxylation sites is 3. The first-order valence-corrected chi connectivity index (χ1v) is 11.2. The second-order valence-corrected chi connectivity index (χ2v) is 8.37.